The Bertz CT molecular complexity index is 682. The molecule has 2 aliphatic heterocycles. The molecule has 1 aromatic rings. The van der Waals surface area contributed by atoms with E-state index in [1.54, 1.807) is 18.9 Å². The monoisotopic (exact) mass is 412 g/mol. The standard InChI is InChI=1S/C19H26ClN3O3S/c1-14-18(25)23(19(27-14)15-5-3-4-6-16(15)20)12-9-21-7-10-22(11-8-21)17(24)13-26-2/h3-6,14,19H,7-13H2,1-2H3/p+1/t14-,19-/m0/s1. The van der Waals surface area contributed by atoms with Crippen LogP contribution in [0.15, 0.2) is 24.3 Å². The molecular weight excluding hydrogens is 386 g/mol. The van der Waals surface area contributed by atoms with Crippen molar-refractivity contribution >= 4 is 35.2 Å². The minimum absolute atomic E-state index is 0.0230. The van der Waals surface area contributed by atoms with Crippen LogP contribution in [-0.4, -0.2) is 79.8 Å². The molecule has 0 aromatic heterocycles. The lowest BCUT2D eigenvalue weighted by Gasteiger charge is -2.33. The normalized spacial score (nSPS) is 23.9. The number of hydrogen-bond acceptors (Lipinski definition) is 4. The Labute approximate surface area is 169 Å². The van der Waals surface area contributed by atoms with E-state index in [0.717, 1.165) is 38.3 Å². The number of ether oxygens (including phenoxy) is 1. The van der Waals surface area contributed by atoms with Crippen LogP contribution < -0.4 is 4.90 Å². The zero-order valence-corrected chi connectivity index (χ0v) is 17.4. The number of carbonyl (C=O) groups is 2. The number of halogens is 1. The summed E-state index contributed by atoms with van der Waals surface area (Å²) in [6, 6.07) is 7.76. The maximum absolute atomic E-state index is 12.7. The van der Waals surface area contributed by atoms with Gasteiger partial charge in [-0.15, -0.1) is 11.8 Å². The van der Waals surface area contributed by atoms with Crippen LogP contribution in [0, 0.1) is 0 Å². The Kier molecular flexibility index (Phi) is 7.03. The Morgan fingerprint density at radius 1 is 1.33 bits per heavy atom. The van der Waals surface area contributed by atoms with Gasteiger partial charge < -0.3 is 19.4 Å². The topological polar surface area (TPSA) is 54.3 Å². The molecule has 2 heterocycles. The molecule has 0 unspecified atom stereocenters. The molecule has 0 bridgehead atoms. The molecule has 0 radical (unpaired) electrons. The molecule has 0 saturated carbocycles. The van der Waals surface area contributed by atoms with Gasteiger partial charge in [-0.1, -0.05) is 29.8 Å². The number of carbonyl (C=O) groups excluding carboxylic acids is 2. The SMILES string of the molecule is COCC(=O)N1CC[NH+](CCN2C(=O)[C@H](C)S[C@H]2c2ccccc2Cl)CC1. The number of piperazine rings is 1. The van der Waals surface area contributed by atoms with Gasteiger partial charge in [-0.25, -0.2) is 0 Å². The van der Waals surface area contributed by atoms with Crippen LogP contribution in [-0.2, 0) is 14.3 Å². The first-order valence-electron chi connectivity index (χ1n) is 9.32. The Morgan fingerprint density at radius 2 is 2.04 bits per heavy atom. The van der Waals surface area contributed by atoms with E-state index in [2.05, 4.69) is 0 Å². The molecule has 0 aliphatic carbocycles. The molecule has 8 heteroatoms. The second-order valence-corrected chi connectivity index (χ2v) is 8.83. The van der Waals surface area contributed by atoms with Crippen LogP contribution in [0.4, 0.5) is 0 Å². The van der Waals surface area contributed by atoms with E-state index < -0.39 is 0 Å². The van der Waals surface area contributed by atoms with E-state index in [1.807, 2.05) is 41.0 Å². The summed E-state index contributed by atoms with van der Waals surface area (Å²) in [5, 5.41) is 0.634. The van der Waals surface area contributed by atoms with Crippen LogP contribution in [0.2, 0.25) is 5.02 Å². The number of nitrogens with one attached hydrogen (secondary N) is 1. The lowest BCUT2D eigenvalue weighted by Crippen LogP contribution is -3.15. The average molecular weight is 413 g/mol. The Hall–Kier alpha value is -1.28. The summed E-state index contributed by atoms with van der Waals surface area (Å²) in [5.74, 6) is 0.230. The molecule has 27 heavy (non-hydrogen) atoms. The number of nitrogens with zero attached hydrogens (tertiary/aromatic N) is 2. The van der Waals surface area contributed by atoms with E-state index in [0.29, 0.717) is 11.6 Å². The number of thioether (sulfide) groups is 1. The Balaban J connectivity index is 1.57. The lowest BCUT2D eigenvalue weighted by atomic mass is 10.2. The van der Waals surface area contributed by atoms with Crippen LogP contribution in [0.1, 0.15) is 17.9 Å². The molecule has 148 valence electrons. The second kappa shape index (κ2) is 9.28. The highest BCUT2D eigenvalue weighted by atomic mass is 35.5. The summed E-state index contributed by atoms with van der Waals surface area (Å²) in [6.45, 7) is 6.97. The summed E-state index contributed by atoms with van der Waals surface area (Å²) in [7, 11) is 1.54. The lowest BCUT2D eigenvalue weighted by molar-refractivity contribution is -0.903. The number of rotatable bonds is 6. The molecule has 1 aromatic carbocycles. The van der Waals surface area contributed by atoms with Crippen LogP contribution in [0.5, 0.6) is 0 Å². The van der Waals surface area contributed by atoms with E-state index in [1.165, 1.54) is 4.90 Å². The van der Waals surface area contributed by atoms with Crippen molar-refractivity contribution in [3.63, 3.8) is 0 Å². The van der Waals surface area contributed by atoms with Gasteiger partial charge in [0.2, 0.25) is 11.8 Å². The largest absolute Gasteiger partial charge is 0.375 e. The van der Waals surface area contributed by atoms with Crippen molar-refractivity contribution in [2.24, 2.45) is 0 Å². The third-order valence-corrected chi connectivity index (χ3v) is 6.94. The fraction of sp³-hybridized carbons (Fsp3) is 0.579. The summed E-state index contributed by atoms with van der Waals surface area (Å²) < 4.78 is 4.93. The van der Waals surface area contributed by atoms with Crippen molar-refractivity contribution in [1.82, 2.24) is 9.80 Å². The fourth-order valence-electron chi connectivity index (χ4n) is 3.63. The number of methoxy groups -OCH3 is 1. The molecule has 2 aliphatic rings. The van der Waals surface area contributed by atoms with Gasteiger partial charge in [-0.2, -0.15) is 0 Å². The molecule has 2 amide bonds. The third-order valence-electron chi connectivity index (χ3n) is 5.22. The zero-order chi connectivity index (χ0) is 19.4. The van der Waals surface area contributed by atoms with Crippen molar-refractivity contribution in [3.8, 4) is 0 Å². The minimum Gasteiger partial charge on any atom is -0.375 e. The summed E-state index contributed by atoms with van der Waals surface area (Å²) in [4.78, 5) is 29.8. The van der Waals surface area contributed by atoms with Crippen molar-refractivity contribution in [3.05, 3.63) is 34.9 Å². The van der Waals surface area contributed by atoms with E-state index >= 15 is 0 Å². The molecule has 6 nitrogen and oxygen atoms in total. The smallest absolute Gasteiger partial charge is 0.248 e. The van der Waals surface area contributed by atoms with Crippen LogP contribution in [0.25, 0.3) is 0 Å². The van der Waals surface area contributed by atoms with Gasteiger partial charge in [0.05, 0.1) is 44.5 Å². The highest BCUT2D eigenvalue weighted by molar-refractivity contribution is 8.01. The molecule has 0 spiro atoms. The van der Waals surface area contributed by atoms with E-state index in [9.17, 15) is 9.59 Å². The number of hydrogen-bond donors (Lipinski definition) is 1. The molecule has 2 saturated heterocycles. The number of benzene rings is 1. The van der Waals surface area contributed by atoms with Crippen molar-refractivity contribution in [2.75, 3.05) is 53.0 Å². The molecular formula is C19H27ClN3O3S+. The fourth-order valence-corrected chi connectivity index (χ4v) is 5.28. The molecule has 2 fully saturated rings. The third kappa shape index (κ3) is 4.77. The van der Waals surface area contributed by atoms with Crippen molar-refractivity contribution in [1.29, 1.82) is 0 Å². The highest BCUT2D eigenvalue weighted by Gasteiger charge is 2.39. The molecule has 2 atom stereocenters. The van der Waals surface area contributed by atoms with Gasteiger partial charge in [0.1, 0.15) is 12.0 Å². The predicted octanol–water partition coefficient (Wildman–Crippen LogP) is 0.676. The average Bonchev–Trinajstić information content (AvgIpc) is 2.95. The number of amides is 2. The first-order valence-corrected chi connectivity index (χ1v) is 10.6. The van der Waals surface area contributed by atoms with Crippen molar-refractivity contribution < 1.29 is 19.2 Å². The van der Waals surface area contributed by atoms with E-state index in [-0.39, 0.29) is 29.0 Å². The number of quaternary nitrogens is 1. The van der Waals surface area contributed by atoms with Crippen LogP contribution in [0.3, 0.4) is 0 Å². The molecule has 1 N–H and O–H groups in total. The maximum Gasteiger partial charge on any atom is 0.248 e. The quantitative estimate of drug-likeness (QED) is 0.746. The molecule has 3 rings (SSSR count). The van der Waals surface area contributed by atoms with Gasteiger partial charge >= 0.3 is 0 Å². The first kappa shape index (κ1) is 20.5. The summed E-state index contributed by atoms with van der Waals surface area (Å²) in [6.07, 6.45) is 0. The van der Waals surface area contributed by atoms with Gasteiger partial charge in [-0.3, -0.25) is 9.59 Å². The first-order chi connectivity index (χ1) is 13.0. The predicted molar refractivity (Wildman–Crippen MR) is 107 cm³/mol. The Morgan fingerprint density at radius 3 is 2.70 bits per heavy atom. The summed E-state index contributed by atoms with van der Waals surface area (Å²) >= 11 is 8.04. The van der Waals surface area contributed by atoms with Gasteiger partial charge in [0.15, 0.2) is 0 Å². The van der Waals surface area contributed by atoms with Gasteiger partial charge in [-0.05, 0) is 13.0 Å². The van der Waals surface area contributed by atoms with Gasteiger partial charge in [0.25, 0.3) is 0 Å². The minimum atomic E-state index is -0.0511. The van der Waals surface area contributed by atoms with Crippen molar-refractivity contribution in [2.45, 2.75) is 17.5 Å². The maximum atomic E-state index is 12.7. The highest BCUT2D eigenvalue weighted by Crippen LogP contribution is 2.44. The zero-order valence-electron chi connectivity index (χ0n) is 15.8. The second-order valence-electron chi connectivity index (χ2n) is 7.00. The summed E-state index contributed by atoms with van der Waals surface area (Å²) in [5.41, 5.74) is 1.01. The van der Waals surface area contributed by atoms with E-state index in [4.69, 9.17) is 16.3 Å². The van der Waals surface area contributed by atoms with Gasteiger partial charge in [0, 0.05) is 17.7 Å². The van der Waals surface area contributed by atoms with Crippen LogP contribution >= 0.6 is 23.4 Å².